The molecule has 92 valence electrons. The first-order chi connectivity index (χ1) is 9.49. The average Bonchev–Trinajstić information content (AvgIpc) is 2.46. The zero-order chi connectivity index (χ0) is 14.7. The zero-order valence-electron chi connectivity index (χ0n) is 11.4. The lowest BCUT2D eigenvalue weighted by atomic mass is 10.0. The largest absolute Gasteiger partial charge is 0.299 e. The Morgan fingerprint density at radius 1 is 0.833 bits per heavy atom. The van der Waals surface area contributed by atoms with Gasteiger partial charge in [-0.25, -0.2) is 0 Å². The third-order valence-electron chi connectivity index (χ3n) is 2.36. The highest BCUT2D eigenvalue weighted by Crippen LogP contribution is 2.14. The number of carbonyl (C=O) groups is 1. The molecule has 0 heterocycles. The van der Waals surface area contributed by atoms with E-state index in [1.165, 1.54) is 0 Å². The molecule has 3 heteroatoms. The molecular weight excluding hydrogens is 356 g/mol. The van der Waals surface area contributed by atoms with Gasteiger partial charge in [0.05, 0.1) is 0 Å². The van der Waals surface area contributed by atoms with Crippen molar-refractivity contribution in [2.24, 2.45) is 0 Å². The summed E-state index contributed by atoms with van der Waals surface area (Å²) >= 11 is 6.63. The van der Waals surface area contributed by atoms with Crippen LogP contribution in [0.3, 0.4) is 0 Å². The summed E-state index contributed by atoms with van der Waals surface area (Å²) in [5.41, 5.74) is 1.21. The Morgan fingerprint density at radius 2 is 1.17 bits per heavy atom. The van der Waals surface area contributed by atoms with E-state index in [1.807, 2.05) is 0 Å². The SMILES string of the molecule is [2H]C(C(=O)C([2H])c1ccc(Br)cc1)c1ccc(Br)cc1. The lowest BCUT2D eigenvalue weighted by Crippen LogP contribution is -2.06. The molecule has 0 aliphatic carbocycles. The number of carbonyl (C=O) groups excluding carboxylic acids is 1. The molecule has 0 bridgehead atoms. The Hall–Kier alpha value is -0.930. The third kappa shape index (κ3) is 4.07. The van der Waals surface area contributed by atoms with Crippen molar-refractivity contribution in [3.8, 4) is 0 Å². The van der Waals surface area contributed by atoms with Crippen LogP contribution >= 0.6 is 31.9 Å². The Kier molecular flexibility index (Phi) is 3.83. The number of benzene rings is 2. The molecular formula is C15H12Br2O. The maximum atomic E-state index is 12.2. The summed E-state index contributed by atoms with van der Waals surface area (Å²) in [5.74, 6) is -0.422. The normalized spacial score (nSPS) is 15.4. The van der Waals surface area contributed by atoms with Gasteiger partial charge in [-0.15, -0.1) is 0 Å². The van der Waals surface area contributed by atoms with Crippen LogP contribution in [0.25, 0.3) is 0 Å². The van der Waals surface area contributed by atoms with Crippen molar-refractivity contribution in [2.45, 2.75) is 12.8 Å². The number of halogens is 2. The van der Waals surface area contributed by atoms with Gasteiger partial charge in [-0.3, -0.25) is 4.79 Å². The Balaban J connectivity index is 2.17. The molecule has 2 aromatic carbocycles. The molecule has 0 saturated heterocycles. The summed E-state index contributed by atoms with van der Waals surface area (Å²) in [6.07, 6.45) is -2.07. The van der Waals surface area contributed by atoms with E-state index in [0.29, 0.717) is 11.1 Å². The fourth-order valence-corrected chi connectivity index (χ4v) is 2.02. The number of rotatable bonds is 4. The van der Waals surface area contributed by atoms with Crippen molar-refractivity contribution in [2.75, 3.05) is 0 Å². The van der Waals surface area contributed by atoms with E-state index in [9.17, 15) is 4.79 Å². The fraction of sp³-hybridized carbons (Fsp3) is 0.133. The summed E-state index contributed by atoms with van der Waals surface area (Å²) in [6.45, 7) is 0. The van der Waals surface area contributed by atoms with Gasteiger partial charge in [0.15, 0.2) is 0 Å². The van der Waals surface area contributed by atoms with Gasteiger partial charge in [-0.05, 0) is 35.4 Å². The molecule has 0 spiro atoms. The third-order valence-corrected chi connectivity index (χ3v) is 3.42. The van der Waals surface area contributed by atoms with Crippen molar-refractivity contribution >= 4 is 37.6 Å². The molecule has 0 aromatic heterocycles. The summed E-state index contributed by atoms with van der Waals surface area (Å²) in [5, 5.41) is 0. The molecule has 0 aliphatic rings. The highest BCUT2D eigenvalue weighted by molar-refractivity contribution is 9.10. The molecule has 2 rings (SSSR count). The first kappa shape index (κ1) is 10.9. The van der Waals surface area contributed by atoms with Crippen molar-refractivity contribution < 1.29 is 7.54 Å². The highest BCUT2D eigenvalue weighted by Gasteiger charge is 2.05. The van der Waals surface area contributed by atoms with E-state index in [4.69, 9.17) is 2.74 Å². The minimum atomic E-state index is -1.03. The molecule has 0 fully saturated rings. The predicted octanol–water partition coefficient (Wildman–Crippen LogP) is 4.57. The van der Waals surface area contributed by atoms with Gasteiger partial charge in [-0.2, -0.15) is 0 Å². The van der Waals surface area contributed by atoms with Crippen LogP contribution in [0.15, 0.2) is 57.5 Å². The van der Waals surface area contributed by atoms with Crippen molar-refractivity contribution in [1.82, 2.24) is 0 Å². The molecule has 0 saturated carbocycles. The van der Waals surface area contributed by atoms with Crippen LogP contribution in [0.5, 0.6) is 0 Å². The summed E-state index contributed by atoms with van der Waals surface area (Å²) in [6, 6.07) is 14.1. The standard InChI is InChI=1S/C15H12Br2O/c16-13-5-1-11(2-6-13)9-15(18)10-12-3-7-14(17)8-4-12/h1-8H,9-10H2/i9D,10D. The van der Waals surface area contributed by atoms with Crippen LogP contribution in [0.2, 0.25) is 0 Å². The van der Waals surface area contributed by atoms with E-state index < -0.39 is 18.6 Å². The number of ketones is 1. The van der Waals surface area contributed by atoms with Gasteiger partial charge in [-0.1, -0.05) is 56.1 Å². The second-order valence-electron chi connectivity index (χ2n) is 3.79. The van der Waals surface area contributed by atoms with Crippen LogP contribution in [0.1, 0.15) is 13.9 Å². The fourth-order valence-electron chi connectivity index (χ4n) is 1.49. The van der Waals surface area contributed by atoms with E-state index >= 15 is 0 Å². The summed E-state index contributed by atoms with van der Waals surface area (Å²) in [7, 11) is 0. The van der Waals surface area contributed by atoms with Crippen molar-refractivity contribution in [1.29, 1.82) is 0 Å². The Bertz CT molecular complexity index is 543. The number of hydrogen-bond acceptors (Lipinski definition) is 1. The van der Waals surface area contributed by atoms with E-state index in [1.54, 1.807) is 48.5 Å². The molecule has 2 aromatic rings. The lowest BCUT2D eigenvalue weighted by molar-refractivity contribution is -0.117. The molecule has 18 heavy (non-hydrogen) atoms. The van der Waals surface area contributed by atoms with Gasteiger partial charge < -0.3 is 0 Å². The van der Waals surface area contributed by atoms with Gasteiger partial charge in [0.25, 0.3) is 0 Å². The maximum Gasteiger partial charge on any atom is 0.141 e. The summed E-state index contributed by atoms with van der Waals surface area (Å²) in [4.78, 5) is 12.2. The van der Waals surface area contributed by atoms with E-state index in [0.717, 1.165) is 8.95 Å². The van der Waals surface area contributed by atoms with Gasteiger partial charge in [0.1, 0.15) is 5.78 Å². The first-order valence-electron chi connectivity index (χ1n) is 6.53. The molecule has 2 unspecified atom stereocenters. The van der Waals surface area contributed by atoms with Gasteiger partial charge in [0, 0.05) is 24.5 Å². The van der Waals surface area contributed by atoms with Crippen LogP contribution in [-0.4, -0.2) is 5.78 Å². The Labute approximate surface area is 126 Å². The monoisotopic (exact) mass is 368 g/mol. The molecule has 0 N–H and O–H groups in total. The molecule has 0 radical (unpaired) electrons. The minimum absolute atomic E-state index is 0.422. The number of hydrogen-bond donors (Lipinski definition) is 0. The van der Waals surface area contributed by atoms with Gasteiger partial charge >= 0.3 is 0 Å². The quantitative estimate of drug-likeness (QED) is 0.771. The lowest BCUT2D eigenvalue weighted by Gasteiger charge is -2.02. The first-order valence-corrected chi connectivity index (χ1v) is 6.97. The Morgan fingerprint density at radius 3 is 1.50 bits per heavy atom. The van der Waals surface area contributed by atoms with Crippen LogP contribution < -0.4 is 0 Å². The molecule has 2 atom stereocenters. The average molecular weight is 370 g/mol. The maximum absolute atomic E-state index is 12.2. The second kappa shape index (κ2) is 6.30. The predicted molar refractivity (Wildman–Crippen MR) is 80.7 cm³/mol. The minimum Gasteiger partial charge on any atom is -0.299 e. The van der Waals surface area contributed by atoms with E-state index in [2.05, 4.69) is 31.9 Å². The smallest absolute Gasteiger partial charge is 0.141 e. The van der Waals surface area contributed by atoms with Crippen LogP contribution in [0, 0.1) is 0 Å². The van der Waals surface area contributed by atoms with E-state index in [-0.39, 0.29) is 0 Å². The second-order valence-corrected chi connectivity index (χ2v) is 5.63. The molecule has 0 amide bonds. The highest BCUT2D eigenvalue weighted by atomic mass is 79.9. The molecule has 0 aliphatic heterocycles. The van der Waals surface area contributed by atoms with Crippen LogP contribution in [0.4, 0.5) is 0 Å². The topological polar surface area (TPSA) is 17.1 Å². The van der Waals surface area contributed by atoms with Gasteiger partial charge in [0.2, 0.25) is 0 Å². The van der Waals surface area contributed by atoms with Crippen LogP contribution in [-0.2, 0) is 17.6 Å². The summed E-state index contributed by atoms with van der Waals surface area (Å²) < 4.78 is 17.8. The zero-order valence-corrected chi connectivity index (χ0v) is 12.6. The van der Waals surface area contributed by atoms with Crippen molar-refractivity contribution in [3.63, 3.8) is 0 Å². The number of Topliss-reactive ketones (excluding diaryl/α,β-unsaturated/α-hetero) is 1. The molecule has 1 nitrogen and oxygen atoms in total. The van der Waals surface area contributed by atoms with Crippen molar-refractivity contribution in [3.05, 3.63) is 68.6 Å².